The van der Waals surface area contributed by atoms with E-state index in [0.717, 1.165) is 62.9 Å². The second-order valence-corrected chi connectivity index (χ2v) is 6.43. The van der Waals surface area contributed by atoms with Crippen molar-refractivity contribution in [2.45, 2.75) is 56.5 Å². The van der Waals surface area contributed by atoms with Gasteiger partial charge in [-0.2, -0.15) is 0 Å². The van der Waals surface area contributed by atoms with Crippen molar-refractivity contribution in [1.82, 2.24) is 0 Å². The van der Waals surface area contributed by atoms with Crippen molar-refractivity contribution in [3.8, 4) is 5.75 Å². The maximum atomic E-state index is 11.9. The number of benzene rings is 1. The molecular formula is C18H24O4. The number of hydrogen-bond acceptors (Lipinski definition) is 3. The zero-order chi connectivity index (χ0) is 15.4. The van der Waals surface area contributed by atoms with E-state index in [0.29, 0.717) is 6.61 Å². The number of aliphatic carboxylic acids is 1. The fourth-order valence-corrected chi connectivity index (χ4v) is 3.64. The van der Waals surface area contributed by atoms with E-state index in [4.69, 9.17) is 9.47 Å². The van der Waals surface area contributed by atoms with Crippen LogP contribution in [0.2, 0.25) is 0 Å². The molecule has 1 atom stereocenters. The van der Waals surface area contributed by atoms with E-state index >= 15 is 0 Å². The molecule has 0 spiro atoms. The maximum absolute atomic E-state index is 11.9. The van der Waals surface area contributed by atoms with Gasteiger partial charge in [-0.05, 0) is 43.4 Å². The average Bonchev–Trinajstić information content (AvgIpc) is 2.56. The predicted molar refractivity (Wildman–Crippen MR) is 83.3 cm³/mol. The minimum Gasteiger partial charge on any atom is -0.488 e. The summed E-state index contributed by atoms with van der Waals surface area (Å²) in [7, 11) is 0. The van der Waals surface area contributed by atoms with Crippen molar-refractivity contribution in [3.63, 3.8) is 0 Å². The van der Waals surface area contributed by atoms with Gasteiger partial charge >= 0.3 is 5.97 Å². The molecule has 2 fully saturated rings. The Morgan fingerprint density at radius 3 is 2.73 bits per heavy atom. The molecule has 3 rings (SSSR count). The number of carboxylic acids is 1. The summed E-state index contributed by atoms with van der Waals surface area (Å²) in [6.45, 7) is 1.43. The molecule has 1 saturated heterocycles. The van der Waals surface area contributed by atoms with Crippen LogP contribution in [0.3, 0.4) is 0 Å². The van der Waals surface area contributed by atoms with Crippen molar-refractivity contribution < 1.29 is 19.4 Å². The van der Waals surface area contributed by atoms with Crippen LogP contribution < -0.4 is 4.74 Å². The molecule has 1 unspecified atom stereocenters. The van der Waals surface area contributed by atoms with Crippen LogP contribution in [-0.4, -0.2) is 30.4 Å². The third-order valence-electron chi connectivity index (χ3n) is 4.92. The SMILES string of the molecule is O=C(O)C1(c2cccc(OC3CCCOC3)c2)CCCCC1. The number of carboxylic acid groups (broad SMARTS) is 1. The van der Waals surface area contributed by atoms with Crippen LogP contribution >= 0.6 is 0 Å². The summed E-state index contributed by atoms with van der Waals surface area (Å²) in [4.78, 5) is 11.9. The van der Waals surface area contributed by atoms with E-state index < -0.39 is 11.4 Å². The lowest BCUT2D eigenvalue weighted by molar-refractivity contribution is -0.145. The molecule has 2 aliphatic rings. The molecule has 120 valence electrons. The van der Waals surface area contributed by atoms with Crippen molar-refractivity contribution in [2.24, 2.45) is 0 Å². The Bertz CT molecular complexity index is 514. The van der Waals surface area contributed by atoms with Crippen LogP contribution in [0.4, 0.5) is 0 Å². The summed E-state index contributed by atoms with van der Waals surface area (Å²) >= 11 is 0. The summed E-state index contributed by atoms with van der Waals surface area (Å²) in [5, 5.41) is 9.79. The quantitative estimate of drug-likeness (QED) is 0.924. The Labute approximate surface area is 131 Å². The van der Waals surface area contributed by atoms with Crippen LogP contribution in [0, 0.1) is 0 Å². The van der Waals surface area contributed by atoms with Gasteiger partial charge < -0.3 is 14.6 Å². The van der Waals surface area contributed by atoms with Crippen molar-refractivity contribution >= 4 is 5.97 Å². The zero-order valence-corrected chi connectivity index (χ0v) is 12.9. The molecular weight excluding hydrogens is 280 g/mol. The molecule has 22 heavy (non-hydrogen) atoms. The lowest BCUT2D eigenvalue weighted by atomic mass is 9.69. The highest BCUT2D eigenvalue weighted by Gasteiger charge is 2.41. The van der Waals surface area contributed by atoms with Crippen LogP contribution in [0.5, 0.6) is 5.75 Å². The lowest BCUT2D eigenvalue weighted by Gasteiger charge is -2.34. The van der Waals surface area contributed by atoms with Gasteiger partial charge in [0.05, 0.1) is 12.0 Å². The van der Waals surface area contributed by atoms with Gasteiger partial charge in [-0.3, -0.25) is 4.79 Å². The van der Waals surface area contributed by atoms with E-state index in [9.17, 15) is 9.90 Å². The maximum Gasteiger partial charge on any atom is 0.314 e. The molecule has 0 radical (unpaired) electrons. The summed E-state index contributed by atoms with van der Waals surface area (Å²) in [6, 6.07) is 7.68. The van der Waals surface area contributed by atoms with Gasteiger partial charge in [0.2, 0.25) is 0 Å². The number of carbonyl (C=O) groups is 1. The van der Waals surface area contributed by atoms with E-state index in [1.807, 2.05) is 24.3 Å². The second-order valence-electron chi connectivity index (χ2n) is 6.43. The first-order chi connectivity index (χ1) is 10.7. The largest absolute Gasteiger partial charge is 0.488 e. The molecule has 1 aliphatic heterocycles. The van der Waals surface area contributed by atoms with E-state index in [-0.39, 0.29) is 6.10 Å². The molecule has 1 aliphatic carbocycles. The molecule has 0 aromatic heterocycles. The molecule has 0 bridgehead atoms. The molecule has 1 saturated carbocycles. The minimum absolute atomic E-state index is 0.0798. The highest BCUT2D eigenvalue weighted by atomic mass is 16.5. The van der Waals surface area contributed by atoms with E-state index in [2.05, 4.69) is 0 Å². The molecule has 4 heteroatoms. The van der Waals surface area contributed by atoms with Gasteiger partial charge in [0.1, 0.15) is 11.9 Å². The first-order valence-electron chi connectivity index (χ1n) is 8.29. The van der Waals surface area contributed by atoms with Crippen molar-refractivity contribution in [1.29, 1.82) is 0 Å². The number of hydrogen-bond donors (Lipinski definition) is 1. The first-order valence-corrected chi connectivity index (χ1v) is 8.29. The highest BCUT2D eigenvalue weighted by Crippen LogP contribution is 2.40. The minimum atomic E-state index is -0.735. The monoisotopic (exact) mass is 304 g/mol. The van der Waals surface area contributed by atoms with Crippen LogP contribution in [-0.2, 0) is 14.9 Å². The Morgan fingerprint density at radius 1 is 1.23 bits per heavy atom. The Balaban J connectivity index is 1.81. The van der Waals surface area contributed by atoms with Gasteiger partial charge in [-0.25, -0.2) is 0 Å². The first kappa shape index (κ1) is 15.3. The predicted octanol–water partition coefficient (Wildman–Crippen LogP) is 3.53. The second kappa shape index (κ2) is 6.69. The van der Waals surface area contributed by atoms with Gasteiger partial charge in [0.15, 0.2) is 0 Å². The molecule has 1 N–H and O–H groups in total. The van der Waals surface area contributed by atoms with Gasteiger partial charge in [-0.15, -0.1) is 0 Å². The number of ether oxygens (including phenoxy) is 2. The van der Waals surface area contributed by atoms with Gasteiger partial charge in [0, 0.05) is 6.61 Å². The Kier molecular flexibility index (Phi) is 4.67. The number of rotatable bonds is 4. The van der Waals surface area contributed by atoms with E-state index in [1.54, 1.807) is 0 Å². The Hall–Kier alpha value is -1.55. The third-order valence-corrected chi connectivity index (χ3v) is 4.92. The molecule has 1 aromatic carbocycles. The molecule has 4 nitrogen and oxygen atoms in total. The topological polar surface area (TPSA) is 55.8 Å². The summed E-state index contributed by atoms with van der Waals surface area (Å²) in [6.07, 6.45) is 6.62. The van der Waals surface area contributed by atoms with Crippen molar-refractivity contribution in [3.05, 3.63) is 29.8 Å². The molecule has 0 amide bonds. The smallest absolute Gasteiger partial charge is 0.314 e. The average molecular weight is 304 g/mol. The fraction of sp³-hybridized carbons (Fsp3) is 0.611. The summed E-state index contributed by atoms with van der Waals surface area (Å²) in [5.74, 6) is 0.0598. The third kappa shape index (κ3) is 3.12. The van der Waals surface area contributed by atoms with Crippen molar-refractivity contribution in [2.75, 3.05) is 13.2 Å². The van der Waals surface area contributed by atoms with Gasteiger partial charge in [0.25, 0.3) is 0 Å². The highest BCUT2D eigenvalue weighted by molar-refractivity contribution is 5.81. The lowest BCUT2D eigenvalue weighted by Crippen LogP contribution is -2.37. The summed E-state index contributed by atoms with van der Waals surface area (Å²) < 4.78 is 11.4. The molecule has 1 aromatic rings. The van der Waals surface area contributed by atoms with Crippen LogP contribution in [0.25, 0.3) is 0 Å². The summed E-state index contributed by atoms with van der Waals surface area (Å²) in [5.41, 5.74) is 0.148. The van der Waals surface area contributed by atoms with Crippen LogP contribution in [0.1, 0.15) is 50.5 Å². The zero-order valence-electron chi connectivity index (χ0n) is 12.9. The van der Waals surface area contributed by atoms with E-state index in [1.165, 1.54) is 0 Å². The molecule has 1 heterocycles. The van der Waals surface area contributed by atoms with Crippen LogP contribution in [0.15, 0.2) is 24.3 Å². The standard InChI is InChI=1S/C18H24O4/c19-17(20)18(9-2-1-3-10-18)14-6-4-7-15(12-14)22-16-8-5-11-21-13-16/h4,6-7,12,16H,1-3,5,8-11,13H2,(H,19,20). The normalized spacial score (nSPS) is 24.6. The van der Waals surface area contributed by atoms with Gasteiger partial charge in [-0.1, -0.05) is 31.4 Å². The fourth-order valence-electron chi connectivity index (χ4n) is 3.64. The Morgan fingerprint density at radius 2 is 2.05 bits per heavy atom.